The second kappa shape index (κ2) is 15.7. The number of Topliss-reactive ketones (excluding diaryl/α,β-unsaturated/α-hetero) is 1. The van der Waals surface area contributed by atoms with Gasteiger partial charge in [-0.05, 0) is 43.1 Å². The normalized spacial score (nSPS) is 17.7. The number of likely N-dealkylation sites (tertiary alicyclic amines) is 1. The van der Waals surface area contributed by atoms with Gasteiger partial charge in [0, 0.05) is 18.1 Å². The van der Waals surface area contributed by atoms with Gasteiger partial charge in [0.15, 0.2) is 20.7 Å². The molecule has 2 unspecified atom stereocenters. The third kappa shape index (κ3) is 8.56. The summed E-state index contributed by atoms with van der Waals surface area (Å²) in [5.74, 6) is -7.87. The third-order valence-electron chi connectivity index (χ3n) is 7.84. The second-order valence-electron chi connectivity index (χ2n) is 11.1. The molecule has 0 spiro atoms. The number of non-ortho nitro benzene ring substituents is 1. The number of rotatable bonds is 14. The summed E-state index contributed by atoms with van der Waals surface area (Å²) in [6.45, 7) is 12.1. The van der Waals surface area contributed by atoms with Crippen LogP contribution in [-0.4, -0.2) is 79.2 Å². The van der Waals surface area contributed by atoms with Gasteiger partial charge >= 0.3 is 24.0 Å². The van der Waals surface area contributed by atoms with Gasteiger partial charge in [0.1, 0.15) is 0 Å². The number of hydrogen-bond acceptors (Lipinski definition) is 12. The fraction of sp³-hybridized carbons (Fsp3) is 0.586. The maximum atomic E-state index is 13.4. The predicted octanol–water partition coefficient (Wildman–Crippen LogP) is 4.06. The van der Waals surface area contributed by atoms with Gasteiger partial charge in [0.25, 0.3) is 5.69 Å². The fourth-order valence-corrected chi connectivity index (χ4v) is 7.92. The van der Waals surface area contributed by atoms with Crippen molar-refractivity contribution in [1.82, 2.24) is 4.90 Å². The molecule has 0 bridgehead atoms. The van der Waals surface area contributed by atoms with Crippen LogP contribution in [0, 0.1) is 27.9 Å². The highest BCUT2D eigenvalue weighted by atomic mass is 28.4. The average molecular weight is 637 g/mol. The molecule has 14 nitrogen and oxygen atoms in total. The molecule has 1 heterocycles. The molecule has 0 saturated carbocycles. The summed E-state index contributed by atoms with van der Waals surface area (Å²) < 4.78 is 20.9. The van der Waals surface area contributed by atoms with Crippen molar-refractivity contribution >= 4 is 49.7 Å². The minimum atomic E-state index is -2.24. The van der Waals surface area contributed by atoms with E-state index in [2.05, 4.69) is 4.74 Å². The predicted molar refractivity (Wildman–Crippen MR) is 157 cm³/mol. The van der Waals surface area contributed by atoms with Crippen molar-refractivity contribution in [1.29, 1.82) is 0 Å². The molecule has 44 heavy (non-hydrogen) atoms. The van der Waals surface area contributed by atoms with Gasteiger partial charge < -0.3 is 18.6 Å². The van der Waals surface area contributed by atoms with Crippen molar-refractivity contribution in [3.05, 3.63) is 39.9 Å². The van der Waals surface area contributed by atoms with Gasteiger partial charge in [-0.2, -0.15) is 0 Å². The van der Waals surface area contributed by atoms with Crippen molar-refractivity contribution in [2.45, 2.75) is 78.7 Å². The lowest BCUT2D eigenvalue weighted by Gasteiger charge is -2.50. The number of carbonyl (C=O) groups is 6. The topological polar surface area (TPSA) is 186 Å². The first-order valence-electron chi connectivity index (χ1n) is 14.5. The number of ether oxygens (including phenoxy) is 3. The largest absolute Gasteiger partial charge is 0.508 e. The second-order valence-corrected chi connectivity index (χ2v) is 15.8. The number of carbonyl (C=O) groups excluding carboxylic acids is 6. The number of hydrogen-bond donors (Lipinski definition) is 0. The van der Waals surface area contributed by atoms with Gasteiger partial charge in [0.2, 0.25) is 5.91 Å². The Morgan fingerprint density at radius 1 is 0.955 bits per heavy atom. The number of nitro groups is 1. The Bertz CT molecular complexity index is 1250. The van der Waals surface area contributed by atoms with Gasteiger partial charge in [-0.1, -0.05) is 41.5 Å². The highest BCUT2D eigenvalue weighted by Gasteiger charge is 2.58. The monoisotopic (exact) mass is 636 g/mol. The Kier molecular flexibility index (Phi) is 12.9. The molecule has 1 saturated heterocycles. The minimum absolute atomic E-state index is 0.0389. The summed E-state index contributed by atoms with van der Waals surface area (Å²) >= 11 is 0. The molecule has 1 aromatic carbocycles. The van der Waals surface area contributed by atoms with E-state index in [1.807, 2.05) is 34.6 Å². The van der Waals surface area contributed by atoms with E-state index in [4.69, 9.17) is 13.9 Å². The van der Waals surface area contributed by atoms with E-state index in [0.717, 1.165) is 42.4 Å². The van der Waals surface area contributed by atoms with E-state index in [1.165, 1.54) is 6.92 Å². The number of nitro benzene ring substituents is 1. The Hall–Kier alpha value is -3.98. The highest BCUT2D eigenvalue weighted by Crippen LogP contribution is 2.39. The molecule has 0 radical (unpaired) electrons. The zero-order valence-electron chi connectivity index (χ0n) is 26.0. The van der Waals surface area contributed by atoms with E-state index in [1.54, 1.807) is 6.92 Å². The lowest BCUT2D eigenvalue weighted by Crippen LogP contribution is -2.71. The number of nitrogens with zero attached hydrogens (tertiary/aromatic N) is 2. The highest BCUT2D eigenvalue weighted by molar-refractivity contribution is 6.73. The molecule has 1 aromatic rings. The summed E-state index contributed by atoms with van der Waals surface area (Å²) in [5, 5.41) is 10.9. The van der Waals surface area contributed by atoms with Crippen molar-refractivity contribution in [2.75, 3.05) is 13.2 Å². The summed E-state index contributed by atoms with van der Waals surface area (Å²) in [7, 11) is -2.24. The molecule has 0 N–H and O–H groups in total. The Morgan fingerprint density at radius 3 is 2.02 bits per heavy atom. The third-order valence-corrected chi connectivity index (χ3v) is 12.6. The summed E-state index contributed by atoms with van der Waals surface area (Å²) in [4.78, 5) is 87.4. The van der Waals surface area contributed by atoms with Gasteiger partial charge in [-0.25, -0.2) is 14.4 Å². The Labute approximate surface area is 256 Å². The molecule has 2 amide bonds. The molecular weight excluding hydrogens is 596 g/mol. The van der Waals surface area contributed by atoms with Crippen molar-refractivity contribution < 1.29 is 52.3 Å². The SMILES string of the molecule is CC[Si](CC)(CC)O[C@H](C)C1C(=O)N(C(=O)C(=O)OC(=O)c2ccc([N+](=O)[O-])cc2)C1[C@@H](C)C(=O)COC(=O)OCC(C)C. The maximum absolute atomic E-state index is 13.4. The lowest BCUT2D eigenvalue weighted by molar-refractivity contribution is -0.384. The quantitative estimate of drug-likeness (QED) is 0.0543. The van der Waals surface area contributed by atoms with Crippen LogP contribution in [0.1, 0.15) is 58.8 Å². The molecule has 15 heteroatoms. The molecule has 2 rings (SSSR count). The van der Waals surface area contributed by atoms with E-state index in [0.29, 0.717) is 4.90 Å². The number of imide groups is 1. The van der Waals surface area contributed by atoms with E-state index < -0.39 is 79.5 Å². The maximum Gasteiger partial charge on any atom is 0.508 e. The number of esters is 2. The number of β-lactam (4-membered cyclic amide) rings is 1. The number of ketones is 1. The van der Waals surface area contributed by atoms with Crippen LogP contribution in [0.15, 0.2) is 24.3 Å². The van der Waals surface area contributed by atoms with Crippen molar-refractivity contribution in [3.8, 4) is 0 Å². The smallest absolute Gasteiger partial charge is 0.434 e. The molecular formula is C29H40N2O12Si. The van der Waals surface area contributed by atoms with Crippen LogP contribution in [0.2, 0.25) is 18.1 Å². The van der Waals surface area contributed by atoms with Crippen LogP contribution in [0.4, 0.5) is 10.5 Å². The molecule has 0 aromatic heterocycles. The number of amides is 2. The van der Waals surface area contributed by atoms with Crippen LogP contribution in [-0.2, 0) is 37.8 Å². The summed E-state index contributed by atoms with van der Waals surface area (Å²) in [6, 6.07) is 5.29. The van der Waals surface area contributed by atoms with Crippen LogP contribution in [0.3, 0.4) is 0 Å². The van der Waals surface area contributed by atoms with Gasteiger partial charge in [-0.15, -0.1) is 0 Å². The zero-order chi connectivity index (χ0) is 33.4. The molecule has 1 aliphatic rings. The van der Waals surface area contributed by atoms with E-state index in [9.17, 15) is 38.9 Å². The Balaban J connectivity index is 2.27. The number of benzene rings is 1. The first-order valence-corrected chi connectivity index (χ1v) is 17.0. The molecule has 0 aliphatic carbocycles. The van der Waals surface area contributed by atoms with E-state index in [-0.39, 0.29) is 23.8 Å². The van der Waals surface area contributed by atoms with Crippen molar-refractivity contribution in [3.63, 3.8) is 0 Å². The first-order chi connectivity index (χ1) is 20.6. The molecule has 4 atom stereocenters. The molecule has 1 aliphatic heterocycles. The van der Waals surface area contributed by atoms with Crippen LogP contribution < -0.4 is 0 Å². The van der Waals surface area contributed by atoms with E-state index >= 15 is 0 Å². The van der Waals surface area contributed by atoms with Gasteiger partial charge in [-0.3, -0.25) is 29.4 Å². The van der Waals surface area contributed by atoms with Crippen LogP contribution in [0.25, 0.3) is 0 Å². The van der Waals surface area contributed by atoms with Crippen LogP contribution >= 0.6 is 0 Å². The lowest BCUT2D eigenvalue weighted by atomic mass is 9.75. The standard InChI is InChI=1S/C29H40N2O12Si/c1-8-44(9-2,10-3)43-19(7)23-24(18(6)22(32)16-41-29(37)40-15-17(4)5)30(25(23)33)26(34)28(36)42-27(35)20-11-13-21(14-12-20)31(38)39/h11-14,17-19,23-24H,8-10,15-16H2,1-7H3/t18-,19+,23?,24?/m0/s1. The molecule has 242 valence electrons. The zero-order valence-corrected chi connectivity index (χ0v) is 27.0. The summed E-state index contributed by atoms with van der Waals surface area (Å²) in [6.07, 6.45) is -1.77. The minimum Gasteiger partial charge on any atom is -0.434 e. The van der Waals surface area contributed by atoms with Gasteiger partial charge in [0.05, 0.1) is 35.2 Å². The Morgan fingerprint density at radius 2 is 1.52 bits per heavy atom. The van der Waals surface area contributed by atoms with Crippen molar-refractivity contribution in [2.24, 2.45) is 17.8 Å². The first kappa shape index (κ1) is 36.2. The average Bonchev–Trinajstić information content (AvgIpc) is 2.99. The fourth-order valence-electron chi connectivity index (χ4n) is 4.98. The summed E-state index contributed by atoms with van der Waals surface area (Å²) in [5.41, 5.74) is -0.550. The van der Waals surface area contributed by atoms with Crippen LogP contribution in [0.5, 0.6) is 0 Å². The molecule has 1 fully saturated rings.